The number of ether oxygens (including phenoxy) is 1. The Morgan fingerprint density at radius 2 is 2.19 bits per heavy atom. The molecule has 0 spiro atoms. The number of hydrogen-bond donors (Lipinski definition) is 0. The van der Waals surface area contributed by atoms with Gasteiger partial charge in [0.2, 0.25) is 0 Å². The second-order valence-corrected chi connectivity index (χ2v) is 4.30. The standard InChI is InChI=1S/C13H19NO2/c1-14(9-13-7-8-15-10-13)16-11-12-5-3-2-4-6-12/h2-6,13H,7-11H2,1H3. The molecule has 1 saturated heterocycles. The molecule has 1 aliphatic rings. The molecule has 16 heavy (non-hydrogen) atoms. The van der Waals surface area contributed by atoms with Gasteiger partial charge in [-0.2, -0.15) is 5.06 Å². The highest BCUT2D eigenvalue weighted by molar-refractivity contribution is 5.13. The minimum atomic E-state index is 0.626. The molecule has 0 N–H and O–H groups in total. The lowest BCUT2D eigenvalue weighted by Gasteiger charge is -2.19. The van der Waals surface area contributed by atoms with Gasteiger partial charge in [-0.05, 0) is 17.9 Å². The molecular weight excluding hydrogens is 202 g/mol. The van der Waals surface area contributed by atoms with Crippen molar-refractivity contribution < 1.29 is 9.57 Å². The Balaban J connectivity index is 1.69. The van der Waals surface area contributed by atoms with Crippen molar-refractivity contribution in [2.45, 2.75) is 13.0 Å². The van der Waals surface area contributed by atoms with E-state index in [4.69, 9.17) is 9.57 Å². The Labute approximate surface area is 96.9 Å². The van der Waals surface area contributed by atoms with Crippen molar-refractivity contribution >= 4 is 0 Å². The van der Waals surface area contributed by atoms with Crippen molar-refractivity contribution in [3.63, 3.8) is 0 Å². The van der Waals surface area contributed by atoms with Crippen LogP contribution in [-0.2, 0) is 16.2 Å². The van der Waals surface area contributed by atoms with Gasteiger partial charge < -0.3 is 4.74 Å². The van der Waals surface area contributed by atoms with E-state index in [2.05, 4.69) is 12.1 Å². The van der Waals surface area contributed by atoms with Gasteiger partial charge in [0, 0.05) is 20.2 Å². The second kappa shape index (κ2) is 5.99. The first-order chi connectivity index (χ1) is 7.84. The molecule has 1 unspecified atom stereocenters. The summed E-state index contributed by atoms with van der Waals surface area (Å²) in [6.45, 7) is 3.37. The van der Waals surface area contributed by atoms with Crippen LogP contribution in [0.4, 0.5) is 0 Å². The first-order valence-corrected chi connectivity index (χ1v) is 5.80. The third-order valence-electron chi connectivity index (χ3n) is 2.83. The van der Waals surface area contributed by atoms with Gasteiger partial charge in [0.25, 0.3) is 0 Å². The van der Waals surface area contributed by atoms with Crippen LogP contribution in [0.15, 0.2) is 30.3 Å². The molecule has 1 aromatic carbocycles. The quantitative estimate of drug-likeness (QED) is 0.711. The third kappa shape index (κ3) is 3.59. The van der Waals surface area contributed by atoms with Gasteiger partial charge in [0.05, 0.1) is 13.2 Å². The predicted octanol–water partition coefficient (Wildman–Crippen LogP) is 2.09. The monoisotopic (exact) mass is 221 g/mol. The van der Waals surface area contributed by atoms with Crippen molar-refractivity contribution in [3.8, 4) is 0 Å². The van der Waals surface area contributed by atoms with Crippen LogP contribution in [0.3, 0.4) is 0 Å². The molecule has 3 heteroatoms. The highest BCUT2D eigenvalue weighted by Gasteiger charge is 2.17. The highest BCUT2D eigenvalue weighted by Crippen LogP contribution is 2.13. The smallest absolute Gasteiger partial charge is 0.0935 e. The van der Waals surface area contributed by atoms with Crippen molar-refractivity contribution in [1.29, 1.82) is 0 Å². The van der Waals surface area contributed by atoms with Crippen LogP contribution in [-0.4, -0.2) is 31.9 Å². The summed E-state index contributed by atoms with van der Waals surface area (Å²) in [6, 6.07) is 10.2. The van der Waals surface area contributed by atoms with Crippen LogP contribution in [0.1, 0.15) is 12.0 Å². The Kier molecular flexibility index (Phi) is 4.34. The van der Waals surface area contributed by atoms with Crippen molar-refractivity contribution in [3.05, 3.63) is 35.9 Å². The van der Waals surface area contributed by atoms with Gasteiger partial charge in [0.1, 0.15) is 0 Å². The van der Waals surface area contributed by atoms with E-state index in [0.29, 0.717) is 12.5 Å². The molecular formula is C13H19NO2. The number of hydrogen-bond acceptors (Lipinski definition) is 3. The second-order valence-electron chi connectivity index (χ2n) is 4.30. The van der Waals surface area contributed by atoms with E-state index in [1.54, 1.807) is 0 Å². The summed E-state index contributed by atoms with van der Waals surface area (Å²) in [5.41, 5.74) is 1.21. The summed E-state index contributed by atoms with van der Waals surface area (Å²) in [5, 5.41) is 1.92. The first-order valence-electron chi connectivity index (χ1n) is 5.80. The summed E-state index contributed by atoms with van der Waals surface area (Å²) in [4.78, 5) is 5.67. The zero-order valence-corrected chi connectivity index (χ0v) is 9.76. The fraction of sp³-hybridized carbons (Fsp3) is 0.538. The molecule has 88 valence electrons. The van der Waals surface area contributed by atoms with Crippen molar-refractivity contribution in [2.75, 3.05) is 26.8 Å². The Morgan fingerprint density at radius 1 is 1.38 bits per heavy atom. The van der Waals surface area contributed by atoms with E-state index >= 15 is 0 Å². The first kappa shape index (κ1) is 11.6. The molecule has 1 aromatic rings. The molecule has 1 aliphatic heterocycles. The lowest BCUT2D eigenvalue weighted by Crippen LogP contribution is -2.26. The largest absolute Gasteiger partial charge is 0.381 e. The molecule has 0 amide bonds. The number of nitrogens with zero attached hydrogens (tertiary/aromatic N) is 1. The Hall–Kier alpha value is -0.900. The van der Waals surface area contributed by atoms with Gasteiger partial charge in [-0.25, -0.2) is 0 Å². The van der Waals surface area contributed by atoms with E-state index in [-0.39, 0.29) is 0 Å². The average molecular weight is 221 g/mol. The zero-order chi connectivity index (χ0) is 11.2. The van der Waals surface area contributed by atoms with Gasteiger partial charge in [0.15, 0.2) is 0 Å². The summed E-state index contributed by atoms with van der Waals surface area (Å²) in [6.07, 6.45) is 1.15. The highest BCUT2D eigenvalue weighted by atomic mass is 16.7. The maximum Gasteiger partial charge on any atom is 0.0935 e. The molecule has 1 atom stereocenters. The normalized spacial score (nSPS) is 20.5. The zero-order valence-electron chi connectivity index (χ0n) is 9.76. The summed E-state index contributed by atoms with van der Waals surface area (Å²) in [7, 11) is 1.99. The molecule has 1 fully saturated rings. The molecule has 0 radical (unpaired) electrons. The van der Waals surface area contributed by atoms with Crippen molar-refractivity contribution in [2.24, 2.45) is 5.92 Å². The molecule has 2 rings (SSSR count). The minimum Gasteiger partial charge on any atom is -0.381 e. The topological polar surface area (TPSA) is 21.7 Å². The van der Waals surface area contributed by atoms with E-state index < -0.39 is 0 Å². The van der Waals surface area contributed by atoms with E-state index in [1.165, 1.54) is 5.56 Å². The van der Waals surface area contributed by atoms with Gasteiger partial charge >= 0.3 is 0 Å². The van der Waals surface area contributed by atoms with Crippen LogP contribution in [0.2, 0.25) is 0 Å². The maximum absolute atomic E-state index is 5.67. The SMILES string of the molecule is CN(CC1CCOC1)OCc1ccccc1. The predicted molar refractivity (Wildman–Crippen MR) is 62.8 cm³/mol. The number of hydroxylamine groups is 2. The van der Waals surface area contributed by atoms with Gasteiger partial charge in [-0.3, -0.25) is 4.84 Å². The minimum absolute atomic E-state index is 0.626. The molecule has 1 heterocycles. The average Bonchev–Trinajstić information content (AvgIpc) is 2.81. The summed E-state index contributed by atoms with van der Waals surface area (Å²) >= 11 is 0. The lowest BCUT2D eigenvalue weighted by molar-refractivity contribution is -0.157. The molecule has 0 saturated carbocycles. The number of rotatable bonds is 5. The molecule has 0 aromatic heterocycles. The van der Waals surface area contributed by atoms with E-state index in [9.17, 15) is 0 Å². The molecule has 3 nitrogen and oxygen atoms in total. The van der Waals surface area contributed by atoms with Crippen LogP contribution < -0.4 is 0 Å². The molecule has 0 bridgehead atoms. The Morgan fingerprint density at radius 3 is 2.88 bits per heavy atom. The summed E-state index contributed by atoms with van der Waals surface area (Å²) in [5.74, 6) is 0.626. The number of benzene rings is 1. The van der Waals surface area contributed by atoms with E-state index in [0.717, 1.165) is 26.2 Å². The van der Waals surface area contributed by atoms with Crippen LogP contribution in [0.5, 0.6) is 0 Å². The fourth-order valence-corrected chi connectivity index (χ4v) is 1.90. The Bertz CT molecular complexity index is 296. The van der Waals surface area contributed by atoms with Crippen LogP contribution in [0, 0.1) is 5.92 Å². The van der Waals surface area contributed by atoms with Crippen LogP contribution in [0.25, 0.3) is 0 Å². The van der Waals surface area contributed by atoms with Crippen molar-refractivity contribution in [1.82, 2.24) is 5.06 Å². The molecule has 0 aliphatic carbocycles. The van der Waals surface area contributed by atoms with Gasteiger partial charge in [-0.15, -0.1) is 0 Å². The van der Waals surface area contributed by atoms with Crippen LogP contribution >= 0.6 is 0 Å². The third-order valence-corrected chi connectivity index (χ3v) is 2.83. The maximum atomic E-state index is 5.67. The van der Waals surface area contributed by atoms with Gasteiger partial charge in [-0.1, -0.05) is 30.3 Å². The lowest BCUT2D eigenvalue weighted by atomic mass is 10.1. The fourth-order valence-electron chi connectivity index (χ4n) is 1.90. The van der Waals surface area contributed by atoms with E-state index in [1.807, 2.05) is 30.3 Å². The summed E-state index contributed by atoms with van der Waals surface area (Å²) < 4.78 is 5.34.